The molecule has 8 heteroatoms. The van der Waals surface area contributed by atoms with E-state index in [1.165, 1.54) is 13.3 Å². The second-order valence-corrected chi connectivity index (χ2v) is 6.30. The van der Waals surface area contributed by atoms with E-state index in [0.717, 1.165) is 10.9 Å². The van der Waals surface area contributed by atoms with E-state index < -0.39 is 11.8 Å². The van der Waals surface area contributed by atoms with Gasteiger partial charge < -0.3 is 14.8 Å². The first-order valence-corrected chi connectivity index (χ1v) is 9.04. The normalized spacial score (nSPS) is 10.5. The molecule has 0 aliphatic heterocycles. The zero-order valence-corrected chi connectivity index (χ0v) is 16.6. The number of carbonyl (C=O) groups is 2. The third-order valence-electron chi connectivity index (χ3n) is 3.36. The molecule has 0 bridgehead atoms. The predicted octanol–water partition coefficient (Wildman–Crippen LogP) is 3.34. The summed E-state index contributed by atoms with van der Waals surface area (Å²) in [5, 5.41) is 6.32. The number of amides is 2. The van der Waals surface area contributed by atoms with Gasteiger partial charge in [-0.2, -0.15) is 5.10 Å². The Labute approximate surface area is 165 Å². The molecule has 2 amide bonds. The fourth-order valence-corrected chi connectivity index (χ4v) is 2.48. The highest BCUT2D eigenvalue weighted by Gasteiger charge is 2.15. The summed E-state index contributed by atoms with van der Waals surface area (Å²) in [5.41, 5.74) is 3.26. The second-order valence-electron chi connectivity index (χ2n) is 5.38. The first kappa shape index (κ1) is 20.4. The molecule has 2 aromatic rings. The number of nitrogens with zero attached hydrogens (tertiary/aromatic N) is 1. The minimum atomic E-state index is -0.900. The average molecular weight is 434 g/mol. The molecule has 0 aromatic heterocycles. The van der Waals surface area contributed by atoms with Gasteiger partial charge in [0.1, 0.15) is 11.5 Å². The number of rotatable bonds is 7. The Morgan fingerprint density at radius 3 is 2.67 bits per heavy atom. The maximum atomic E-state index is 12.0. The summed E-state index contributed by atoms with van der Waals surface area (Å²) in [6.45, 7) is 2.57. The Hall–Kier alpha value is -2.87. The van der Waals surface area contributed by atoms with Crippen LogP contribution in [0.5, 0.6) is 11.5 Å². The summed E-state index contributed by atoms with van der Waals surface area (Å²) in [5.74, 6) is -0.665. The third-order valence-corrected chi connectivity index (χ3v) is 3.86. The number of ether oxygens (including phenoxy) is 2. The van der Waals surface area contributed by atoms with Gasteiger partial charge in [0.2, 0.25) is 0 Å². The largest absolute Gasteiger partial charge is 0.495 e. The predicted molar refractivity (Wildman–Crippen MR) is 107 cm³/mol. The van der Waals surface area contributed by atoms with E-state index in [1.807, 2.05) is 13.0 Å². The van der Waals surface area contributed by atoms with Crippen LogP contribution >= 0.6 is 15.9 Å². The van der Waals surface area contributed by atoms with Gasteiger partial charge >= 0.3 is 11.8 Å². The lowest BCUT2D eigenvalue weighted by Gasteiger charge is -2.09. The summed E-state index contributed by atoms with van der Waals surface area (Å²) in [4.78, 5) is 23.9. The number of carbonyl (C=O) groups excluding carboxylic acids is 2. The van der Waals surface area contributed by atoms with Gasteiger partial charge in [-0.3, -0.25) is 9.59 Å². The van der Waals surface area contributed by atoms with Crippen molar-refractivity contribution in [2.75, 3.05) is 19.0 Å². The number of para-hydroxylation sites is 2. The van der Waals surface area contributed by atoms with Crippen molar-refractivity contribution < 1.29 is 19.1 Å². The molecule has 2 aromatic carbocycles. The lowest BCUT2D eigenvalue weighted by atomic mass is 10.2. The van der Waals surface area contributed by atoms with E-state index in [4.69, 9.17) is 9.47 Å². The van der Waals surface area contributed by atoms with Crippen LogP contribution in [-0.2, 0) is 9.59 Å². The van der Waals surface area contributed by atoms with Crippen molar-refractivity contribution in [2.45, 2.75) is 13.3 Å². The van der Waals surface area contributed by atoms with Gasteiger partial charge in [-0.1, -0.05) is 35.0 Å². The molecule has 0 saturated heterocycles. The molecule has 0 saturated carbocycles. The molecular formula is C19H20BrN3O4. The molecule has 0 spiro atoms. The van der Waals surface area contributed by atoms with E-state index in [-0.39, 0.29) is 0 Å². The van der Waals surface area contributed by atoms with Crippen molar-refractivity contribution in [3.05, 3.63) is 52.5 Å². The Morgan fingerprint density at radius 2 is 1.93 bits per heavy atom. The van der Waals surface area contributed by atoms with E-state index in [0.29, 0.717) is 29.4 Å². The first-order valence-electron chi connectivity index (χ1n) is 8.25. The van der Waals surface area contributed by atoms with E-state index in [9.17, 15) is 9.59 Å². The van der Waals surface area contributed by atoms with Crippen molar-refractivity contribution in [3.8, 4) is 11.5 Å². The molecule has 0 heterocycles. The Morgan fingerprint density at radius 1 is 1.15 bits per heavy atom. The van der Waals surface area contributed by atoms with Gasteiger partial charge in [0.25, 0.3) is 0 Å². The monoisotopic (exact) mass is 433 g/mol. The molecule has 27 heavy (non-hydrogen) atoms. The van der Waals surface area contributed by atoms with E-state index >= 15 is 0 Å². The lowest BCUT2D eigenvalue weighted by Crippen LogP contribution is -2.32. The number of nitrogens with one attached hydrogen (secondary N) is 2. The molecule has 2 N–H and O–H groups in total. The van der Waals surface area contributed by atoms with Crippen LogP contribution in [0.3, 0.4) is 0 Å². The molecule has 0 atom stereocenters. The fourth-order valence-electron chi connectivity index (χ4n) is 2.10. The molecule has 2 rings (SSSR count). The lowest BCUT2D eigenvalue weighted by molar-refractivity contribution is -0.136. The van der Waals surface area contributed by atoms with Crippen molar-refractivity contribution in [1.29, 1.82) is 0 Å². The Kier molecular flexibility index (Phi) is 7.81. The standard InChI is InChI=1S/C19H20BrN3O4/c1-3-10-27-16-9-8-14(20)11-13(16)12-21-23-19(25)18(24)22-15-6-4-5-7-17(15)26-2/h4-9,11-12H,3,10H2,1-2H3,(H,22,24)(H,23,25)/b21-12+. The number of halogens is 1. The maximum absolute atomic E-state index is 12.0. The van der Waals surface area contributed by atoms with Gasteiger partial charge in [-0.05, 0) is 36.8 Å². The molecule has 0 fully saturated rings. The molecular weight excluding hydrogens is 414 g/mol. The molecule has 0 unspecified atom stereocenters. The second kappa shape index (κ2) is 10.3. The summed E-state index contributed by atoms with van der Waals surface area (Å²) in [6.07, 6.45) is 2.29. The number of benzene rings is 2. The van der Waals surface area contributed by atoms with Crippen molar-refractivity contribution in [3.63, 3.8) is 0 Å². The minimum absolute atomic E-state index is 0.395. The highest BCUT2D eigenvalue weighted by atomic mass is 79.9. The van der Waals surface area contributed by atoms with Gasteiger partial charge in [-0.25, -0.2) is 5.43 Å². The van der Waals surface area contributed by atoms with Crippen LogP contribution in [0.2, 0.25) is 0 Å². The smallest absolute Gasteiger partial charge is 0.329 e. The molecule has 7 nitrogen and oxygen atoms in total. The highest BCUT2D eigenvalue weighted by Crippen LogP contribution is 2.23. The van der Waals surface area contributed by atoms with Gasteiger partial charge in [0, 0.05) is 10.0 Å². The van der Waals surface area contributed by atoms with Crippen LogP contribution in [-0.4, -0.2) is 31.7 Å². The quantitative estimate of drug-likeness (QED) is 0.398. The van der Waals surface area contributed by atoms with E-state index in [1.54, 1.807) is 36.4 Å². The van der Waals surface area contributed by atoms with E-state index in [2.05, 4.69) is 31.8 Å². The number of methoxy groups -OCH3 is 1. The topological polar surface area (TPSA) is 89.0 Å². The fraction of sp³-hybridized carbons (Fsp3) is 0.211. The third kappa shape index (κ3) is 6.10. The molecule has 0 radical (unpaired) electrons. The van der Waals surface area contributed by atoms with Gasteiger partial charge in [-0.15, -0.1) is 0 Å². The SMILES string of the molecule is CCCOc1ccc(Br)cc1/C=N/NC(=O)C(=O)Nc1ccccc1OC. The van der Waals surface area contributed by atoms with Crippen LogP contribution in [0.25, 0.3) is 0 Å². The van der Waals surface area contributed by atoms with Crippen molar-refractivity contribution in [2.24, 2.45) is 5.10 Å². The summed E-state index contributed by atoms with van der Waals surface area (Å²) >= 11 is 3.38. The van der Waals surface area contributed by atoms with Gasteiger partial charge in [0.15, 0.2) is 0 Å². The number of hydrazone groups is 1. The Bertz CT molecular complexity index is 839. The van der Waals surface area contributed by atoms with Crippen LogP contribution in [0.1, 0.15) is 18.9 Å². The average Bonchev–Trinajstić information content (AvgIpc) is 2.67. The number of hydrogen-bond donors (Lipinski definition) is 2. The minimum Gasteiger partial charge on any atom is -0.495 e. The van der Waals surface area contributed by atoms with Crippen molar-refractivity contribution in [1.82, 2.24) is 5.43 Å². The van der Waals surface area contributed by atoms with Crippen LogP contribution in [0.4, 0.5) is 5.69 Å². The van der Waals surface area contributed by atoms with Crippen LogP contribution < -0.4 is 20.2 Å². The first-order chi connectivity index (χ1) is 13.0. The maximum Gasteiger partial charge on any atom is 0.329 e. The summed E-state index contributed by atoms with van der Waals surface area (Å²) in [7, 11) is 1.48. The number of hydrogen-bond acceptors (Lipinski definition) is 5. The van der Waals surface area contributed by atoms with Crippen LogP contribution in [0.15, 0.2) is 52.0 Å². The highest BCUT2D eigenvalue weighted by molar-refractivity contribution is 9.10. The zero-order valence-electron chi connectivity index (χ0n) is 15.0. The van der Waals surface area contributed by atoms with Crippen molar-refractivity contribution >= 4 is 39.6 Å². The molecule has 0 aliphatic rings. The zero-order chi connectivity index (χ0) is 19.6. The molecule has 142 valence electrons. The Balaban J connectivity index is 2.00. The number of anilines is 1. The summed E-state index contributed by atoms with van der Waals surface area (Å²) in [6, 6.07) is 12.2. The van der Waals surface area contributed by atoms with Gasteiger partial charge in [0.05, 0.1) is 25.6 Å². The van der Waals surface area contributed by atoms with Crippen LogP contribution in [0, 0.1) is 0 Å². The molecule has 0 aliphatic carbocycles. The summed E-state index contributed by atoms with van der Waals surface area (Å²) < 4.78 is 11.6.